The van der Waals surface area contributed by atoms with E-state index in [2.05, 4.69) is 10.6 Å². The third-order valence-corrected chi connectivity index (χ3v) is 2.41. The molecule has 1 atom stereocenters. The monoisotopic (exact) mass is 256 g/mol. The first-order valence-electron chi connectivity index (χ1n) is 5.94. The number of aryl methyl sites for hydroxylation is 1. The molecule has 0 aliphatic rings. The Morgan fingerprint density at radius 1 is 1.56 bits per heavy atom. The second-order valence-corrected chi connectivity index (χ2v) is 3.79. The molecule has 3 N–H and O–H groups in total. The standard InChI is InChI=1S/C12H20N2O4/c1-3-9-4-5-11(18-9)10(8-17-2)14-12(16)13-6-7-15/h4-5,10,15H,3,6-8H2,1-2H3,(H2,13,14,16). The summed E-state index contributed by atoms with van der Waals surface area (Å²) < 4.78 is 10.6. The van der Waals surface area contributed by atoms with E-state index in [-0.39, 0.29) is 25.2 Å². The number of amides is 2. The van der Waals surface area contributed by atoms with Crippen molar-refractivity contribution in [2.75, 3.05) is 26.9 Å². The van der Waals surface area contributed by atoms with Crippen molar-refractivity contribution >= 4 is 6.03 Å². The molecule has 0 aliphatic carbocycles. The molecule has 1 aromatic rings. The lowest BCUT2D eigenvalue weighted by atomic mass is 10.2. The Morgan fingerprint density at radius 3 is 2.89 bits per heavy atom. The van der Waals surface area contributed by atoms with Crippen LogP contribution in [0.4, 0.5) is 4.79 Å². The normalized spacial score (nSPS) is 12.2. The van der Waals surface area contributed by atoms with E-state index in [9.17, 15) is 4.79 Å². The summed E-state index contributed by atoms with van der Waals surface area (Å²) in [6.07, 6.45) is 0.802. The molecule has 0 bridgehead atoms. The lowest BCUT2D eigenvalue weighted by molar-refractivity contribution is 0.156. The number of nitrogens with one attached hydrogen (secondary N) is 2. The van der Waals surface area contributed by atoms with Gasteiger partial charge in [-0.25, -0.2) is 4.79 Å². The fourth-order valence-electron chi connectivity index (χ4n) is 1.51. The minimum Gasteiger partial charge on any atom is -0.464 e. The van der Waals surface area contributed by atoms with E-state index >= 15 is 0 Å². The molecule has 1 aromatic heterocycles. The topological polar surface area (TPSA) is 83.7 Å². The van der Waals surface area contributed by atoms with E-state index in [1.54, 1.807) is 7.11 Å². The van der Waals surface area contributed by atoms with Crippen LogP contribution in [-0.4, -0.2) is 38.0 Å². The molecule has 0 fully saturated rings. The maximum absolute atomic E-state index is 11.5. The van der Waals surface area contributed by atoms with E-state index < -0.39 is 0 Å². The summed E-state index contributed by atoms with van der Waals surface area (Å²) in [6, 6.07) is 3.01. The van der Waals surface area contributed by atoms with Crippen LogP contribution in [0, 0.1) is 0 Å². The SMILES string of the molecule is CCc1ccc(C(COC)NC(=O)NCCO)o1. The molecule has 2 amide bonds. The van der Waals surface area contributed by atoms with Crippen LogP contribution in [-0.2, 0) is 11.2 Å². The molecular formula is C12H20N2O4. The average Bonchev–Trinajstić information content (AvgIpc) is 2.84. The smallest absolute Gasteiger partial charge is 0.315 e. The van der Waals surface area contributed by atoms with Gasteiger partial charge >= 0.3 is 6.03 Å². The number of urea groups is 1. The molecule has 1 unspecified atom stereocenters. The second kappa shape index (κ2) is 7.73. The summed E-state index contributed by atoms with van der Waals surface area (Å²) in [6.45, 7) is 2.44. The van der Waals surface area contributed by atoms with Gasteiger partial charge in [0, 0.05) is 20.1 Å². The molecule has 0 aromatic carbocycles. The van der Waals surface area contributed by atoms with Gasteiger partial charge in [0.1, 0.15) is 17.6 Å². The summed E-state index contributed by atoms with van der Waals surface area (Å²) in [5, 5.41) is 13.9. The van der Waals surface area contributed by atoms with E-state index in [0.29, 0.717) is 12.4 Å². The van der Waals surface area contributed by atoms with Crippen LogP contribution < -0.4 is 10.6 Å². The lowest BCUT2D eigenvalue weighted by Crippen LogP contribution is -2.40. The molecule has 6 heteroatoms. The lowest BCUT2D eigenvalue weighted by Gasteiger charge is -2.16. The van der Waals surface area contributed by atoms with Crippen molar-refractivity contribution < 1.29 is 19.1 Å². The van der Waals surface area contributed by atoms with E-state index in [1.807, 2.05) is 19.1 Å². The van der Waals surface area contributed by atoms with Gasteiger partial charge in [0.05, 0.1) is 13.2 Å². The molecule has 0 aliphatic heterocycles. The number of aliphatic hydroxyl groups is 1. The van der Waals surface area contributed by atoms with E-state index in [0.717, 1.165) is 12.2 Å². The molecule has 1 heterocycles. The Morgan fingerprint density at radius 2 is 2.33 bits per heavy atom. The van der Waals surface area contributed by atoms with Crippen LogP contribution in [0.1, 0.15) is 24.5 Å². The van der Waals surface area contributed by atoms with Crippen molar-refractivity contribution in [2.45, 2.75) is 19.4 Å². The number of carbonyl (C=O) groups is 1. The third-order valence-electron chi connectivity index (χ3n) is 2.41. The zero-order valence-corrected chi connectivity index (χ0v) is 10.7. The molecule has 0 saturated heterocycles. The maximum atomic E-state index is 11.5. The molecule has 18 heavy (non-hydrogen) atoms. The zero-order valence-electron chi connectivity index (χ0n) is 10.7. The number of rotatable bonds is 7. The molecule has 1 rings (SSSR count). The minimum absolute atomic E-state index is 0.0941. The fourth-order valence-corrected chi connectivity index (χ4v) is 1.51. The average molecular weight is 256 g/mol. The van der Waals surface area contributed by atoms with Crippen molar-refractivity contribution in [3.05, 3.63) is 23.7 Å². The van der Waals surface area contributed by atoms with Gasteiger partial charge in [-0.15, -0.1) is 0 Å². The number of hydrogen-bond donors (Lipinski definition) is 3. The molecular weight excluding hydrogens is 236 g/mol. The maximum Gasteiger partial charge on any atom is 0.315 e. The van der Waals surface area contributed by atoms with Crippen molar-refractivity contribution in [3.8, 4) is 0 Å². The molecule has 0 radical (unpaired) electrons. The fraction of sp³-hybridized carbons (Fsp3) is 0.583. The first-order valence-corrected chi connectivity index (χ1v) is 5.94. The van der Waals surface area contributed by atoms with Crippen molar-refractivity contribution in [1.29, 1.82) is 0 Å². The van der Waals surface area contributed by atoms with Gasteiger partial charge in [0.2, 0.25) is 0 Å². The zero-order chi connectivity index (χ0) is 13.4. The molecule has 0 saturated carbocycles. The highest BCUT2D eigenvalue weighted by atomic mass is 16.5. The van der Waals surface area contributed by atoms with Crippen LogP contribution in [0.5, 0.6) is 0 Å². The van der Waals surface area contributed by atoms with Gasteiger partial charge in [0.15, 0.2) is 0 Å². The predicted molar refractivity (Wildman–Crippen MR) is 66.3 cm³/mol. The second-order valence-electron chi connectivity index (χ2n) is 3.79. The van der Waals surface area contributed by atoms with Crippen LogP contribution in [0.15, 0.2) is 16.5 Å². The number of aliphatic hydroxyl groups excluding tert-OH is 1. The van der Waals surface area contributed by atoms with Crippen molar-refractivity contribution in [2.24, 2.45) is 0 Å². The first kappa shape index (κ1) is 14.5. The van der Waals surface area contributed by atoms with Gasteiger partial charge in [0.25, 0.3) is 0 Å². The third kappa shape index (κ3) is 4.38. The summed E-state index contributed by atoms with van der Waals surface area (Å²) in [5.74, 6) is 1.52. The summed E-state index contributed by atoms with van der Waals surface area (Å²) in [4.78, 5) is 11.5. The van der Waals surface area contributed by atoms with Crippen LogP contribution >= 0.6 is 0 Å². The Balaban J connectivity index is 2.61. The van der Waals surface area contributed by atoms with Crippen LogP contribution in [0.2, 0.25) is 0 Å². The van der Waals surface area contributed by atoms with Gasteiger partial charge in [-0.05, 0) is 12.1 Å². The van der Waals surface area contributed by atoms with Crippen molar-refractivity contribution in [1.82, 2.24) is 10.6 Å². The van der Waals surface area contributed by atoms with E-state index in [4.69, 9.17) is 14.3 Å². The van der Waals surface area contributed by atoms with E-state index in [1.165, 1.54) is 0 Å². The summed E-state index contributed by atoms with van der Waals surface area (Å²) in [5.41, 5.74) is 0. The van der Waals surface area contributed by atoms with Crippen molar-refractivity contribution in [3.63, 3.8) is 0 Å². The van der Waals surface area contributed by atoms with Gasteiger partial charge in [-0.2, -0.15) is 0 Å². The summed E-state index contributed by atoms with van der Waals surface area (Å²) in [7, 11) is 1.56. The van der Waals surface area contributed by atoms with Gasteiger partial charge in [-0.3, -0.25) is 0 Å². The number of carbonyl (C=O) groups excluding carboxylic acids is 1. The van der Waals surface area contributed by atoms with Gasteiger partial charge < -0.3 is 24.9 Å². The molecule has 102 valence electrons. The number of hydrogen-bond acceptors (Lipinski definition) is 4. The highest BCUT2D eigenvalue weighted by molar-refractivity contribution is 5.74. The molecule has 6 nitrogen and oxygen atoms in total. The Kier molecular flexibility index (Phi) is 6.24. The van der Waals surface area contributed by atoms with Crippen LogP contribution in [0.25, 0.3) is 0 Å². The highest BCUT2D eigenvalue weighted by Crippen LogP contribution is 2.17. The van der Waals surface area contributed by atoms with Crippen LogP contribution in [0.3, 0.4) is 0 Å². The molecule has 0 spiro atoms. The quantitative estimate of drug-likeness (QED) is 0.674. The number of furan rings is 1. The number of ether oxygens (including phenoxy) is 1. The Labute approximate surface area is 106 Å². The van der Waals surface area contributed by atoms with Gasteiger partial charge in [-0.1, -0.05) is 6.92 Å². The predicted octanol–water partition coefficient (Wildman–Crippen LogP) is 0.821. The largest absolute Gasteiger partial charge is 0.464 e. The Hall–Kier alpha value is -1.53. The Bertz CT molecular complexity index is 365. The highest BCUT2D eigenvalue weighted by Gasteiger charge is 2.17. The number of methoxy groups -OCH3 is 1. The first-order chi connectivity index (χ1) is 8.71. The summed E-state index contributed by atoms with van der Waals surface area (Å²) >= 11 is 0. The minimum atomic E-state index is -0.361.